The second-order valence-electron chi connectivity index (χ2n) is 6.19. The number of rotatable bonds is 8. The number of hydrogen-bond donors (Lipinski definition) is 1. The second kappa shape index (κ2) is 8.51. The third-order valence-electron chi connectivity index (χ3n) is 4.43. The number of halogens is 1. The van der Waals surface area contributed by atoms with Crippen LogP contribution >= 0.6 is 11.6 Å². The van der Waals surface area contributed by atoms with Crippen molar-refractivity contribution in [2.45, 2.75) is 46.6 Å². The second-order valence-corrected chi connectivity index (χ2v) is 6.60. The Kier molecular flexibility index (Phi) is 6.67. The minimum atomic E-state index is 0.437. The third-order valence-corrected chi connectivity index (χ3v) is 4.84. The molecule has 23 heavy (non-hydrogen) atoms. The van der Waals surface area contributed by atoms with Crippen molar-refractivity contribution in [2.24, 2.45) is 0 Å². The van der Waals surface area contributed by atoms with E-state index in [2.05, 4.69) is 48.1 Å². The van der Waals surface area contributed by atoms with Gasteiger partial charge in [-0.25, -0.2) is 0 Å². The Morgan fingerprint density at radius 3 is 2.70 bits per heavy atom. The first-order valence-corrected chi connectivity index (χ1v) is 8.96. The fraction of sp³-hybridized carbons (Fsp3) is 0.526. The summed E-state index contributed by atoms with van der Waals surface area (Å²) in [5.41, 5.74) is 3.18. The molecule has 1 N–H and O–H groups in total. The fourth-order valence-corrected chi connectivity index (χ4v) is 3.06. The molecule has 2 rings (SSSR count). The van der Waals surface area contributed by atoms with Gasteiger partial charge in [0.05, 0.1) is 5.52 Å². The molecule has 0 saturated heterocycles. The Bertz CT molecular complexity index is 638. The number of anilines is 1. The summed E-state index contributed by atoms with van der Waals surface area (Å²) in [4.78, 5) is 6.90. The molecule has 0 bridgehead atoms. The molecular formula is C19H28ClN3. The van der Waals surface area contributed by atoms with Gasteiger partial charge in [0.15, 0.2) is 0 Å². The Balaban J connectivity index is 2.02. The number of aryl methyl sites for hydroxylation is 1. The highest BCUT2D eigenvalue weighted by Crippen LogP contribution is 2.28. The van der Waals surface area contributed by atoms with Gasteiger partial charge in [-0.2, -0.15) is 0 Å². The van der Waals surface area contributed by atoms with E-state index in [4.69, 9.17) is 11.6 Å². The summed E-state index contributed by atoms with van der Waals surface area (Å²) in [6, 6.07) is 6.56. The molecule has 3 nitrogen and oxygen atoms in total. The van der Waals surface area contributed by atoms with Crippen LogP contribution in [0.3, 0.4) is 0 Å². The highest BCUT2D eigenvalue weighted by Gasteiger charge is 2.09. The van der Waals surface area contributed by atoms with Crippen molar-refractivity contribution in [2.75, 3.05) is 25.0 Å². The number of fused-ring (bicyclic) bond motifs is 1. The number of hydrogen-bond acceptors (Lipinski definition) is 3. The highest BCUT2D eigenvalue weighted by atomic mass is 35.5. The van der Waals surface area contributed by atoms with Crippen LogP contribution in [0, 0.1) is 6.92 Å². The molecule has 0 fully saturated rings. The molecule has 0 amide bonds. The molecule has 0 aliphatic heterocycles. The van der Waals surface area contributed by atoms with Crippen LogP contribution < -0.4 is 5.32 Å². The normalized spacial score (nSPS) is 12.8. The van der Waals surface area contributed by atoms with Crippen molar-refractivity contribution < 1.29 is 0 Å². The molecule has 0 radical (unpaired) electrons. The van der Waals surface area contributed by atoms with E-state index in [1.807, 2.05) is 19.2 Å². The topological polar surface area (TPSA) is 28.2 Å². The first kappa shape index (κ1) is 18.0. The first-order valence-electron chi connectivity index (χ1n) is 8.58. The molecular weight excluding hydrogens is 306 g/mol. The lowest BCUT2D eigenvalue weighted by Gasteiger charge is -2.21. The number of benzene rings is 1. The largest absolute Gasteiger partial charge is 0.382 e. The average molecular weight is 334 g/mol. The molecule has 0 spiro atoms. The molecule has 0 aliphatic carbocycles. The van der Waals surface area contributed by atoms with Crippen LogP contribution in [0.25, 0.3) is 10.9 Å². The van der Waals surface area contributed by atoms with Gasteiger partial charge < -0.3 is 10.2 Å². The molecule has 2 aromatic rings. The van der Waals surface area contributed by atoms with Gasteiger partial charge in [0.1, 0.15) is 0 Å². The lowest BCUT2D eigenvalue weighted by molar-refractivity contribution is 0.295. The van der Waals surface area contributed by atoms with Gasteiger partial charge in [-0.05, 0) is 70.1 Å². The first-order chi connectivity index (χ1) is 11.0. The summed E-state index contributed by atoms with van der Waals surface area (Å²) in [7, 11) is 0. The van der Waals surface area contributed by atoms with Gasteiger partial charge in [0.2, 0.25) is 0 Å². The van der Waals surface area contributed by atoms with E-state index in [0.717, 1.165) is 46.7 Å². The predicted molar refractivity (Wildman–Crippen MR) is 102 cm³/mol. The quantitative estimate of drug-likeness (QED) is 0.726. The minimum absolute atomic E-state index is 0.437. The van der Waals surface area contributed by atoms with E-state index >= 15 is 0 Å². The van der Waals surface area contributed by atoms with E-state index < -0.39 is 0 Å². The van der Waals surface area contributed by atoms with Gasteiger partial charge in [-0.1, -0.05) is 25.4 Å². The molecule has 1 aromatic carbocycles. The maximum Gasteiger partial charge on any atom is 0.0737 e. The van der Waals surface area contributed by atoms with Gasteiger partial charge >= 0.3 is 0 Å². The van der Waals surface area contributed by atoms with Crippen molar-refractivity contribution in [1.29, 1.82) is 0 Å². The van der Waals surface area contributed by atoms with E-state index in [9.17, 15) is 0 Å². The SMILES string of the molecule is CCN(CC)CCCC(C)Nc1ccnc2cc(Cl)c(C)cc12. The fourth-order valence-electron chi connectivity index (χ4n) is 2.90. The maximum atomic E-state index is 6.21. The van der Waals surface area contributed by atoms with Crippen LogP contribution in [-0.4, -0.2) is 35.6 Å². The zero-order chi connectivity index (χ0) is 16.8. The average Bonchev–Trinajstić information content (AvgIpc) is 2.53. The Labute approximate surface area is 145 Å². The third kappa shape index (κ3) is 4.82. The predicted octanol–water partition coefficient (Wildman–Crippen LogP) is 5.12. The van der Waals surface area contributed by atoms with Gasteiger partial charge in [-0.15, -0.1) is 0 Å². The summed E-state index contributed by atoms with van der Waals surface area (Å²) in [6.45, 7) is 12.2. The summed E-state index contributed by atoms with van der Waals surface area (Å²) >= 11 is 6.21. The monoisotopic (exact) mass is 333 g/mol. The molecule has 0 aliphatic rings. The zero-order valence-electron chi connectivity index (χ0n) is 14.7. The highest BCUT2D eigenvalue weighted by molar-refractivity contribution is 6.32. The lowest BCUT2D eigenvalue weighted by Crippen LogP contribution is -2.25. The molecule has 0 saturated carbocycles. The molecule has 1 atom stereocenters. The number of nitrogens with zero attached hydrogens (tertiary/aromatic N) is 2. The summed E-state index contributed by atoms with van der Waals surface area (Å²) in [5.74, 6) is 0. The summed E-state index contributed by atoms with van der Waals surface area (Å²) < 4.78 is 0. The van der Waals surface area contributed by atoms with Crippen molar-refractivity contribution in [3.05, 3.63) is 35.0 Å². The number of nitrogens with one attached hydrogen (secondary N) is 1. The van der Waals surface area contributed by atoms with Crippen LogP contribution in [-0.2, 0) is 0 Å². The number of aromatic nitrogens is 1. The van der Waals surface area contributed by atoms with Gasteiger partial charge in [0, 0.05) is 28.3 Å². The molecule has 1 aromatic heterocycles. The van der Waals surface area contributed by atoms with Crippen molar-refractivity contribution >= 4 is 28.2 Å². The van der Waals surface area contributed by atoms with Crippen LogP contribution in [0.1, 0.15) is 39.2 Å². The van der Waals surface area contributed by atoms with Gasteiger partial charge in [0.25, 0.3) is 0 Å². The smallest absolute Gasteiger partial charge is 0.0737 e. The Hall–Kier alpha value is -1.32. The molecule has 1 heterocycles. The van der Waals surface area contributed by atoms with Crippen LogP contribution in [0.4, 0.5) is 5.69 Å². The summed E-state index contributed by atoms with van der Waals surface area (Å²) in [6.07, 6.45) is 4.22. The Morgan fingerprint density at radius 2 is 2.00 bits per heavy atom. The van der Waals surface area contributed by atoms with Crippen molar-refractivity contribution in [3.63, 3.8) is 0 Å². The van der Waals surface area contributed by atoms with E-state index in [1.54, 1.807) is 0 Å². The summed E-state index contributed by atoms with van der Waals surface area (Å²) in [5, 5.41) is 5.56. The van der Waals surface area contributed by atoms with E-state index in [-0.39, 0.29) is 0 Å². The van der Waals surface area contributed by atoms with Gasteiger partial charge in [-0.3, -0.25) is 4.98 Å². The minimum Gasteiger partial charge on any atom is -0.382 e. The molecule has 1 unspecified atom stereocenters. The van der Waals surface area contributed by atoms with Crippen LogP contribution in [0.15, 0.2) is 24.4 Å². The van der Waals surface area contributed by atoms with E-state index in [0.29, 0.717) is 6.04 Å². The Morgan fingerprint density at radius 1 is 1.26 bits per heavy atom. The molecule has 126 valence electrons. The van der Waals surface area contributed by atoms with Crippen LogP contribution in [0.5, 0.6) is 0 Å². The van der Waals surface area contributed by atoms with Crippen LogP contribution in [0.2, 0.25) is 5.02 Å². The van der Waals surface area contributed by atoms with E-state index in [1.165, 1.54) is 13.0 Å². The zero-order valence-corrected chi connectivity index (χ0v) is 15.5. The maximum absolute atomic E-state index is 6.21. The van der Waals surface area contributed by atoms with Crippen molar-refractivity contribution in [3.8, 4) is 0 Å². The van der Waals surface area contributed by atoms with Crippen molar-refractivity contribution in [1.82, 2.24) is 9.88 Å². The lowest BCUT2D eigenvalue weighted by atomic mass is 10.1. The standard InChI is InChI=1S/C19H28ClN3/c1-5-23(6-2)11-7-8-15(4)22-18-9-10-21-19-13-17(20)14(3)12-16(18)19/h9-10,12-13,15H,5-8,11H2,1-4H3,(H,21,22). The molecule has 4 heteroatoms. The number of pyridine rings is 1.